The van der Waals surface area contributed by atoms with Crippen molar-refractivity contribution in [3.05, 3.63) is 46.8 Å². The first kappa shape index (κ1) is 20.4. The number of aromatic nitrogens is 3. The number of aromatic carboxylic acids is 1. The van der Waals surface area contributed by atoms with Gasteiger partial charge in [0.05, 0.1) is 5.69 Å². The predicted molar refractivity (Wildman–Crippen MR) is 119 cm³/mol. The molecule has 0 aromatic carbocycles. The standard InChI is InChI=1S/C21H19BrN6O4/c22-15-2-1-3-16(25-15)26-20(30)14-7-10-6-13(10)28(14)17(29)9-27-5-4-11-18(23)12(21(31)32)8-24-19(11)27/h1-5,8,10,13-14H,6-7,9H2,(H2,23,24)(H,31,32)(H,25,26,30)/t10-,13?,14+/m1/s1. The Morgan fingerprint density at radius 1 is 1.25 bits per heavy atom. The Kier molecular flexibility index (Phi) is 4.85. The number of nitrogens with one attached hydrogen (secondary N) is 1. The van der Waals surface area contributed by atoms with Gasteiger partial charge in [-0.15, -0.1) is 0 Å². The number of amides is 2. The van der Waals surface area contributed by atoms with Crippen LogP contribution in [0.5, 0.6) is 0 Å². The molecule has 1 aliphatic carbocycles. The van der Waals surface area contributed by atoms with Crippen molar-refractivity contribution in [1.82, 2.24) is 19.4 Å². The molecule has 10 nitrogen and oxygen atoms in total. The number of rotatable bonds is 5. The van der Waals surface area contributed by atoms with E-state index in [1.54, 1.807) is 39.9 Å². The van der Waals surface area contributed by atoms with E-state index in [4.69, 9.17) is 5.73 Å². The number of anilines is 2. The Labute approximate surface area is 190 Å². The van der Waals surface area contributed by atoms with Gasteiger partial charge in [-0.3, -0.25) is 9.59 Å². The van der Waals surface area contributed by atoms with E-state index in [2.05, 4.69) is 31.2 Å². The van der Waals surface area contributed by atoms with Crippen molar-refractivity contribution in [2.24, 2.45) is 5.92 Å². The van der Waals surface area contributed by atoms with Crippen LogP contribution < -0.4 is 11.1 Å². The third kappa shape index (κ3) is 3.48. The molecule has 1 unspecified atom stereocenters. The first-order valence-corrected chi connectivity index (χ1v) is 10.8. The van der Waals surface area contributed by atoms with Gasteiger partial charge in [-0.1, -0.05) is 6.07 Å². The van der Waals surface area contributed by atoms with E-state index < -0.39 is 12.0 Å². The van der Waals surface area contributed by atoms with Crippen LogP contribution in [0, 0.1) is 5.92 Å². The topological polar surface area (TPSA) is 143 Å². The number of carbonyl (C=O) groups excluding carboxylic acids is 2. The maximum absolute atomic E-state index is 13.2. The monoisotopic (exact) mass is 498 g/mol. The minimum absolute atomic E-state index is 0.0233. The molecule has 3 aromatic heterocycles. The highest BCUT2D eigenvalue weighted by Gasteiger charge is 2.56. The molecule has 2 fully saturated rings. The fourth-order valence-corrected chi connectivity index (χ4v) is 4.76. The summed E-state index contributed by atoms with van der Waals surface area (Å²) in [6, 6.07) is 6.37. The fourth-order valence-electron chi connectivity index (χ4n) is 4.42. The maximum Gasteiger partial charge on any atom is 0.339 e. The summed E-state index contributed by atoms with van der Waals surface area (Å²) in [5.41, 5.74) is 6.42. The van der Waals surface area contributed by atoms with Crippen molar-refractivity contribution in [3.63, 3.8) is 0 Å². The van der Waals surface area contributed by atoms with Crippen molar-refractivity contribution >= 4 is 56.3 Å². The normalized spacial score (nSPS) is 21.4. The van der Waals surface area contributed by atoms with Gasteiger partial charge in [0, 0.05) is 23.8 Å². The summed E-state index contributed by atoms with van der Waals surface area (Å²) in [6.07, 6.45) is 4.35. The molecule has 1 saturated heterocycles. The van der Waals surface area contributed by atoms with Crippen molar-refractivity contribution in [1.29, 1.82) is 0 Å². The second-order valence-corrected chi connectivity index (χ2v) is 8.83. The van der Waals surface area contributed by atoms with E-state index in [1.165, 1.54) is 6.20 Å². The Bertz CT molecular complexity index is 1270. The molecule has 32 heavy (non-hydrogen) atoms. The lowest BCUT2D eigenvalue weighted by molar-refractivity contribution is -0.138. The SMILES string of the molecule is Nc1c(C(=O)O)cnc2c1ccn2CC(=O)N1C2C[C@@H]2C[C@H]1C(=O)Nc1cccc(Br)n1. The van der Waals surface area contributed by atoms with E-state index >= 15 is 0 Å². The molecule has 3 atom stereocenters. The zero-order valence-corrected chi connectivity index (χ0v) is 18.3. The predicted octanol–water partition coefficient (Wildman–Crippen LogP) is 2.10. The van der Waals surface area contributed by atoms with Gasteiger partial charge >= 0.3 is 5.97 Å². The number of halogens is 1. The lowest BCUT2D eigenvalue weighted by Crippen LogP contribution is -2.46. The van der Waals surface area contributed by atoms with E-state index in [1.807, 2.05) is 0 Å². The molecule has 1 aliphatic heterocycles. The quantitative estimate of drug-likeness (QED) is 0.456. The first-order chi connectivity index (χ1) is 15.3. The summed E-state index contributed by atoms with van der Waals surface area (Å²) >= 11 is 3.28. The average Bonchev–Trinajstić information content (AvgIpc) is 3.21. The molecule has 1 saturated carbocycles. The lowest BCUT2D eigenvalue weighted by atomic mass is 10.1. The number of nitrogens with zero attached hydrogens (tertiary/aromatic N) is 4. The minimum atomic E-state index is -1.16. The highest BCUT2D eigenvalue weighted by Crippen LogP contribution is 2.48. The molecule has 0 bridgehead atoms. The van der Waals surface area contributed by atoms with Crippen LogP contribution in [0.3, 0.4) is 0 Å². The summed E-state index contributed by atoms with van der Waals surface area (Å²) in [7, 11) is 0. The van der Waals surface area contributed by atoms with Crippen LogP contribution in [0.1, 0.15) is 23.2 Å². The molecule has 2 aliphatic rings. The van der Waals surface area contributed by atoms with Crippen molar-refractivity contribution < 1.29 is 19.5 Å². The summed E-state index contributed by atoms with van der Waals surface area (Å²) in [4.78, 5) is 47.5. The second-order valence-electron chi connectivity index (χ2n) is 8.02. The molecule has 0 radical (unpaired) electrons. The first-order valence-electron chi connectivity index (χ1n) is 10.0. The number of hydrogen-bond donors (Lipinski definition) is 3. The summed E-state index contributed by atoms with van der Waals surface area (Å²) in [5.74, 6) is -0.869. The molecule has 164 valence electrons. The Morgan fingerprint density at radius 3 is 2.81 bits per heavy atom. The highest BCUT2D eigenvalue weighted by molar-refractivity contribution is 9.10. The maximum atomic E-state index is 13.2. The van der Waals surface area contributed by atoms with Gasteiger partial charge in [0.1, 0.15) is 34.2 Å². The molecule has 0 spiro atoms. The second kappa shape index (κ2) is 7.59. The number of carboxylic acids is 1. The lowest BCUT2D eigenvalue weighted by Gasteiger charge is -2.27. The summed E-state index contributed by atoms with van der Waals surface area (Å²) in [5, 5.41) is 12.5. The van der Waals surface area contributed by atoms with Crippen molar-refractivity contribution in [2.75, 3.05) is 11.1 Å². The van der Waals surface area contributed by atoms with Crippen LogP contribution >= 0.6 is 15.9 Å². The third-order valence-electron chi connectivity index (χ3n) is 6.03. The zero-order valence-electron chi connectivity index (χ0n) is 16.7. The van der Waals surface area contributed by atoms with Gasteiger partial charge in [0.25, 0.3) is 0 Å². The molecule has 4 heterocycles. The van der Waals surface area contributed by atoms with Gasteiger partial charge in [-0.05, 0) is 52.9 Å². The fraction of sp³-hybridized carbons (Fsp3) is 0.286. The van der Waals surface area contributed by atoms with Gasteiger partial charge in [-0.25, -0.2) is 14.8 Å². The van der Waals surface area contributed by atoms with Crippen LogP contribution in [-0.4, -0.2) is 54.4 Å². The van der Waals surface area contributed by atoms with Crippen molar-refractivity contribution in [3.8, 4) is 0 Å². The number of fused-ring (bicyclic) bond motifs is 2. The Hall–Kier alpha value is -3.47. The number of nitrogen functional groups attached to an aromatic ring is 1. The van der Waals surface area contributed by atoms with E-state index in [9.17, 15) is 19.5 Å². The third-order valence-corrected chi connectivity index (χ3v) is 6.47. The molecule has 3 aromatic rings. The van der Waals surface area contributed by atoms with Crippen LogP contribution in [0.2, 0.25) is 0 Å². The number of nitrogens with two attached hydrogens (primary N) is 1. The Balaban J connectivity index is 1.36. The largest absolute Gasteiger partial charge is 0.478 e. The van der Waals surface area contributed by atoms with E-state index in [-0.39, 0.29) is 35.7 Å². The number of piperidine rings is 1. The Morgan fingerprint density at radius 2 is 2.06 bits per heavy atom. The van der Waals surface area contributed by atoms with E-state index in [0.29, 0.717) is 33.8 Å². The van der Waals surface area contributed by atoms with Gasteiger partial charge in [-0.2, -0.15) is 0 Å². The van der Waals surface area contributed by atoms with Gasteiger partial charge < -0.3 is 25.6 Å². The summed E-state index contributed by atoms with van der Waals surface area (Å²) in [6.45, 7) is -0.0233. The van der Waals surface area contributed by atoms with Crippen LogP contribution in [0.25, 0.3) is 11.0 Å². The molecule has 2 amide bonds. The smallest absolute Gasteiger partial charge is 0.339 e. The zero-order chi connectivity index (χ0) is 22.6. The van der Waals surface area contributed by atoms with E-state index in [0.717, 1.165) is 6.42 Å². The highest BCUT2D eigenvalue weighted by atomic mass is 79.9. The van der Waals surface area contributed by atoms with Crippen LogP contribution in [0.4, 0.5) is 11.5 Å². The number of carboxylic acid groups (broad SMARTS) is 1. The molecular formula is C21H19BrN6O4. The minimum Gasteiger partial charge on any atom is -0.478 e. The number of hydrogen-bond acceptors (Lipinski definition) is 6. The molecular weight excluding hydrogens is 480 g/mol. The van der Waals surface area contributed by atoms with Gasteiger partial charge in [0.15, 0.2) is 0 Å². The molecule has 4 N–H and O–H groups in total. The average molecular weight is 499 g/mol. The number of carbonyl (C=O) groups is 3. The number of likely N-dealkylation sites (tertiary alicyclic amines) is 1. The van der Waals surface area contributed by atoms with Gasteiger partial charge in [0.2, 0.25) is 11.8 Å². The van der Waals surface area contributed by atoms with Crippen LogP contribution in [-0.2, 0) is 16.1 Å². The number of pyridine rings is 2. The summed E-state index contributed by atoms with van der Waals surface area (Å²) < 4.78 is 2.23. The molecule has 5 rings (SSSR count). The van der Waals surface area contributed by atoms with Crippen LogP contribution in [0.15, 0.2) is 41.3 Å². The molecule has 11 heteroatoms. The van der Waals surface area contributed by atoms with Crippen molar-refractivity contribution in [2.45, 2.75) is 31.5 Å².